The second-order valence-corrected chi connectivity index (χ2v) is 7.85. The van der Waals surface area contributed by atoms with E-state index < -0.39 is 0 Å². The zero-order valence-corrected chi connectivity index (χ0v) is 17.3. The summed E-state index contributed by atoms with van der Waals surface area (Å²) in [5.74, 6) is 2.40. The first kappa shape index (κ1) is 18.7. The third-order valence-electron chi connectivity index (χ3n) is 3.97. The zero-order valence-electron chi connectivity index (χ0n) is 14.9. The fourth-order valence-electron chi connectivity index (χ4n) is 2.71. The largest absolute Gasteiger partial charge is 0.493 e. The van der Waals surface area contributed by atoms with E-state index >= 15 is 0 Å². The summed E-state index contributed by atoms with van der Waals surface area (Å²) >= 11 is 5.07. The third-order valence-corrected chi connectivity index (χ3v) is 5.35. The Labute approximate surface area is 175 Å². The molecule has 5 nitrogen and oxygen atoms in total. The SMILES string of the molecule is Brc1cccc(OCCSc2nnc(-c3ccncc3)n2-c2ccccc2)c1. The molecule has 2 aromatic heterocycles. The molecule has 0 aliphatic carbocycles. The fraction of sp³-hybridized carbons (Fsp3) is 0.0952. The van der Waals surface area contributed by atoms with Gasteiger partial charge in [0.1, 0.15) is 5.75 Å². The summed E-state index contributed by atoms with van der Waals surface area (Å²) in [6.45, 7) is 0.577. The van der Waals surface area contributed by atoms with Crippen LogP contribution in [0.5, 0.6) is 5.75 Å². The molecular formula is C21H17BrN4OS. The maximum Gasteiger partial charge on any atom is 0.196 e. The molecule has 0 amide bonds. The van der Waals surface area contributed by atoms with Gasteiger partial charge in [-0.3, -0.25) is 9.55 Å². The van der Waals surface area contributed by atoms with Gasteiger partial charge in [-0.2, -0.15) is 0 Å². The normalized spacial score (nSPS) is 10.8. The first-order chi connectivity index (χ1) is 13.8. The number of hydrogen-bond donors (Lipinski definition) is 0. The summed E-state index contributed by atoms with van der Waals surface area (Å²) in [6.07, 6.45) is 3.52. The Morgan fingerprint density at radius 1 is 0.929 bits per heavy atom. The molecule has 7 heteroatoms. The third kappa shape index (κ3) is 4.43. The first-order valence-corrected chi connectivity index (χ1v) is 10.5. The molecule has 140 valence electrons. The number of pyridine rings is 1. The van der Waals surface area contributed by atoms with Gasteiger partial charge in [0, 0.05) is 33.9 Å². The van der Waals surface area contributed by atoms with Crippen molar-refractivity contribution in [2.45, 2.75) is 5.16 Å². The molecule has 0 N–H and O–H groups in total. The van der Waals surface area contributed by atoms with Crippen LogP contribution in [-0.4, -0.2) is 32.1 Å². The molecule has 0 saturated heterocycles. The van der Waals surface area contributed by atoms with Gasteiger partial charge in [-0.05, 0) is 42.5 Å². The molecule has 0 fully saturated rings. The maximum absolute atomic E-state index is 5.83. The number of nitrogens with zero attached hydrogens (tertiary/aromatic N) is 4. The minimum Gasteiger partial charge on any atom is -0.493 e. The van der Waals surface area contributed by atoms with Gasteiger partial charge >= 0.3 is 0 Å². The van der Waals surface area contributed by atoms with Gasteiger partial charge in [0.25, 0.3) is 0 Å². The average Bonchev–Trinajstić information content (AvgIpc) is 3.16. The lowest BCUT2D eigenvalue weighted by Gasteiger charge is -2.10. The van der Waals surface area contributed by atoms with Crippen LogP contribution >= 0.6 is 27.7 Å². The zero-order chi connectivity index (χ0) is 19.2. The van der Waals surface area contributed by atoms with Crippen molar-refractivity contribution in [3.05, 3.63) is 83.6 Å². The Morgan fingerprint density at radius 3 is 2.54 bits per heavy atom. The van der Waals surface area contributed by atoms with E-state index in [2.05, 4.69) is 47.8 Å². The van der Waals surface area contributed by atoms with Gasteiger partial charge in [0.15, 0.2) is 11.0 Å². The Hall–Kier alpha value is -2.64. The van der Waals surface area contributed by atoms with Gasteiger partial charge in [0.2, 0.25) is 0 Å². The molecular weight excluding hydrogens is 436 g/mol. The Kier molecular flexibility index (Phi) is 6.04. The number of hydrogen-bond acceptors (Lipinski definition) is 5. The van der Waals surface area contributed by atoms with E-state index in [1.807, 2.05) is 54.6 Å². The number of halogens is 1. The summed E-state index contributed by atoms with van der Waals surface area (Å²) in [4.78, 5) is 4.09. The van der Waals surface area contributed by atoms with Crippen molar-refractivity contribution in [3.8, 4) is 22.8 Å². The predicted octanol–water partition coefficient (Wildman–Crippen LogP) is 5.26. The second-order valence-electron chi connectivity index (χ2n) is 5.87. The summed E-state index contributed by atoms with van der Waals surface area (Å²) in [6, 6.07) is 21.8. The lowest BCUT2D eigenvalue weighted by atomic mass is 10.2. The van der Waals surface area contributed by atoms with E-state index in [1.54, 1.807) is 24.2 Å². The second kappa shape index (κ2) is 9.03. The number of rotatable bonds is 7. The van der Waals surface area contributed by atoms with Crippen LogP contribution in [0.15, 0.2) is 88.8 Å². The number of benzene rings is 2. The molecule has 0 bridgehead atoms. The predicted molar refractivity (Wildman–Crippen MR) is 115 cm³/mol. The standard InChI is InChI=1S/C21H17BrN4OS/c22-17-5-4-8-19(15-17)27-13-14-28-21-25-24-20(16-9-11-23-12-10-16)26(21)18-6-2-1-3-7-18/h1-12,15H,13-14H2. The van der Waals surface area contributed by atoms with Gasteiger partial charge in [-0.15, -0.1) is 10.2 Å². The number of para-hydroxylation sites is 1. The highest BCUT2D eigenvalue weighted by Crippen LogP contribution is 2.27. The highest BCUT2D eigenvalue weighted by atomic mass is 79.9. The van der Waals surface area contributed by atoms with Crippen molar-refractivity contribution >= 4 is 27.7 Å². The summed E-state index contributed by atoms with van der Waals surface area (Å²) < 4.78 is 8.90. The highest BCUT2D eigenvalue weighted by Gasteiger charge is 2.15. The Balaban J connectivity index is 1.53. The molecule has 2 heterocycles. The van der Waals surface area contributed by atoms with E-state index in [4.69, 9.17) is 4.74 Å². The molecule has 0 spiro atoms. The smallest absolute Gasteiger partial charge is 0.196 e. The fourth-order valence-corrected chi connectivity index (χ4v) is 3.86. The molecule has 0 aliphatic rings. The summed E-state index contributed by atoms with van der Waals surface area (Å²) in [5.41, 5.74) is 2.00. The van der Waals surface area contributed by atoms with Gasteiger partial charge in [-0.1, -0.05) is 52.0 Å². The van der Waals surface area contributed by atoms with Crippen molar-refractivity contribution in [1.29, 1.82) is 0 Å². The van der Waals surface area contributed by atoms with Crippen LogP contribution < -0.4 is 4.74 Å². The molecule has 0 unspecified atom stereocenters. The van der Waals surface area contributed by atoms with Crippen molar-refractivity contribution < 1.29 is 4.74 Å². The van der Waals surface area contributed by atoms with Crippen molar-refractivity contribution in [2.24, 2.45) is 0 Å². The lowest BCUT2D eigenvalue weighted by Crippen LogP contribution is -2.03. The van der Waals surface area contributed by atoms with E-state index in [1.165, 1.54) is 0 Å². The van der Waals surface area contributed by atoms with E-state index in [-0.39, 0.29) is 0 Å². The van der Waals surface area contributed by atoms with E-state index in [0.29, 0.717) is 6.61 Å². The molecule has 0 aliphatic heterocycles. The topological polar surface area (TPSA) is 52.8 Å². The van der Waals surface area contributed by atoms with Crippen molar-refractivity contribution in [1.82, 2.24) is 19.7 Å². The maximum atomic E-state index is 5.83. The van der Waals surface area contributed by atoms with Crippen molar-refractivity contribution in [2.75, 3.05) is 12.4 Å². The molecule has 0 radical (unpaired) electrons. The van der Waals surface area contributed by atoms with Crippen LogP contribution in [0.25, 0.3) is 17.1 Å². The monoisotopic (exact) mass is 452 g/mol. The molecule has 4 aromatic rings. The van der Waals surface area contributed by atoms with Crippen LogP contribution in [0.4, 0.5) is 0 Å². The van der Waals surface area contributed by atoms with Crippen LogP contribution in [-0.2, 0) is 0 Å². The Morgan fingerprint density at radius 2 is 1.75 bits per heavy atom. The number of thioether (sulfide) groups is 1. The van der Waals surface area contributed by atoms with E-state index in [0.717, 1.165) is 38.2 Å². The van der Waals surface area contributed by atoms with E-state index in [9.17, 15) is 0 Å². The highest BCUT2D eigenvalue weighted by molar-refractivity contribution is 9.10. The van der Waals surface area contributed by atoms with Crippen molar-refractivity contribution in [3.63, 3.8) is 0 Å². The number of aromatic nitrogens is 4. The summed E-state index contributed by atoms with van der Waals surface area (Å²) in [5, 5.41) is 9.68. The van der Waals surface area contributed by atoms with Crippen LogP contribution in [0, 0.1) is 0 Å². The Bertz CT molecular complexity index is 1040. The number of ether oxygens (including phenoxy) is 1. The molecule has 0 atom stereocenters. The quantitative estimate of drug-likeness (QED) is 0.282. The minimum atomic E-state index is 0.577. The summed E-state index contributed by atoms with van der Waals surface area (Å²) in [7, 11) is 0. The molecule has 2 aromatic carbocycles. The minimum absolute atomic E-state index is 0.577. The van der Waals surface area contributed by atoms with Crippen LogP contribution in [0.3, 0.4) is 0 Å². The van der Waals surface area contributed by atoms with Gasteiger partial charge in [-0.25, -0.2) is 0 Å². The van der Waals surface area contributed by atoms with Gasteiger partial charge in [0.05, 0.1) is 6.61 Å². The van der Waals surface area contributed by atoms with Crippen LogP contribution in [0.2, 0.25) is 0 Å². The van der Waals surface area contributed by atoms with Gasteiger partial charge < -0.3 is 4.74 Å². The first-order valence-electron chi connectivity index (χ1n) is 8.74. The molecule has 0 saturated carbocycles. The lowest BCUT2D eigenvalue weighted by molar-refractivity contribution is 0.343. The molecule has 4 rings (SSSR count). The molecule has 28 heavy (non-hydrogen) atoms. The average molecular weight is 453 g/mol. The van der Waals surface area contributed by atoms with Crippen LogP contribution in [0.1, 0.15) is 0 Å².